The molecule has 1 amide bonds. The predicted molar refractivity (Wildman–Crippen MR) is 107 cm³/mol. The van der Waals surface area contributed by atoms with Gasteiger partial charge in [-0.05, 0) is 62.6 Å². The Hall–Kier alpha value is -2.74. The average Bonchev–Trinajstić information content (AvgIpc) is 2.65. The van der Waals surface area contributed by atoms with Crippen LogP contribution in [0.5, 0.6) is 5.75 Å². The predicted octanol–water partition coefficient (Wildman–Crippen LogP) is 5.42. The second kappa shape index (κ2) is 9.84. The molecule has 2 aromatic carbocycles. The molecule has 0 heterocycles. The lowest BCUT2D eigenvalue weighted by Crippen LogP contribution is -2.33. The molecule has 0 saturated heterocycles. The largest absolute Gasteiger partial charge is 0.467 e. The number of benzene rings is 2. The molecule has 0 radical (unpaired) electrons. The van der Waals surface area contributed by atoms with Crippen LogP contribution in [0.15, 0.2) is 42.5 Å². The summed E-state index contributed by atoms with van der Waals surface area (Å²) in [4.78, 5) is 11.8. The molecule has 0 aliphatic carbocycles. The fourth-order valence-corrected chi connectivity index (χ4v) is 2.69. The van der Waals surface area contributed by atoms with Crippen molar-refractivity contribution in [2.45, 2.75) is 39.0 Å². The molecular formula is C22H26F3NO4. The Bertz CT molecular complexity index is 860. The average molecular weight is 425 g/mol. The SMILES string of the molecule is COCOc1ccc(CCNC(=O)OC(C)(C)C)cc1-c1cccc(C(F)(F)F)c1. The first-order valence-corrected chi connectivity index (χ1v) is 9.39. The normalized spacial score (nSPS) is 11.8. The molecule has 0 saturated carbocycles. The van der Waals surface area contributed by atoms with Gasteiger partial charge >= 0.3 is 12.3 Å². The minimum absolute atomic E-state index is 0.0362. The first kappa shape index (κ1) is 23.5. The molecule has 8 heteroatoms. The minimum Gasteiger partial charge on any atom is -0.467 e. The molecule has 164 valence electrons. The maximum Gasteiger partial charge on any atom is 0.416 e. The zero-order valence-electron chi connectivity index (χ0n) is 17.4. The molecular weight excluding hydrogens is 399 g/mol. The second-order valence-corrected chi connectivity index (χ2v) is 7.64. The van der Waals surface area contributed by atoms with Gasteiger partial charge in [-0.15, -0.1) is 0 Å². The number of hydrogen-bond acceptors (Lipinski definition) is 4. The van der Waals surface area contributed by atoms with E-state index in [1.54, 1.807) is 45.0 Å². The van der Waals surface area contributed by atoms with Crippen LogP contribution >= 0.6 is 0 Å². The molecule has 0 aliphatic rings. The van der Waals surface area contributed by atoms with Crippen molar-refractivity contribution in [2.24, 2.45) is 0 Å². The lowest BCUT2D eigenvalue weighted by atomic mass is 9.98. The molecule has 0 spiro atoms. The number of alkyl carbamates (subject to hydrolysis) is 1. The molecule has 30 heavy (non-hydrogen) atoms. The summed E-state index contributed by atoms with van der Waals surface area (Å²) >= 11 is 0. The van der Waals surface area contributed by atoms with E-state index in [1.165, 1.54) is 13.2 Å². The maximum absolute atomic E-state index is 13.1. The zero-order chi connectivity index (χ0) is 22.4. The van der Waals surface area contributed by atoms with Gasteiger partial charge in [0.25, 0.3) is 0 Å². The summed E-state index contributed by atoms with van der Waals surface area (Å²) in [6, 6.07) is 10.3. The van der Waals surface area contributed by atoms with Crippen LogP contribution < -0.4 is 10.1 Å². The van der Waals surface area contributed by atoms with Crippen LogP contribution in [0.2, 0.25) is 0 Å². The molecule has 5 nitrogen and oxygen atoms in total. The van der Waals surface area contributed by atoms with Crippen LogP contribution in [0, 0.1) is 0 Å². The maximum atomic E-state index is 13.1. The van der Waals surface area contributed by atoms with Crippen LogP contribution in [-0.4, -0.2) is 32.1 Å². The summed E-state index contributed by atoms with van der Waals surface area (Å²) in [5, 5.41) is 2.66. The van der Waals surface area contributed by atoms with Crippen molar-refractivity contribution in [1.82, 2.24) is 5.32 Å². The van der Waals surface area contributed by atoms with Crippen molar-refractivity contribution in [3.8, 4) is 16.9 Å². The Morgan fingerprint density at radius 3 is 2.43 bits per heavy atom. The van der Waals surface area contributed by atoms with Gasteiger partial charge in [0.05, 0.1) is 5.56 Å². The van der Waals surface area contributed by atoms with Crippen molar-refractivity contribution in [3.05, 3.63) is 53.6 Å². The smallest absolute Gasteiger partial charge is 0.416 e. The highest BCUT2D eigenvalue weighted by Gasteiger charge is 2.30. The summed E-state index contributed by atoms with van der Waals surface area (Å²) in [5.74, 6) is 0.403. The van der Waals surface area contributed by atoms with Crippen LogP contribution in [0.25, 0.3) is 11.1 Å². The number of hydrogen-bond donors (Lipinski definition) is 1. The van der Waals surface area contributed by atoms with Gasteiger partial charge in [-0.1, -0.05) is 18.2 Å². The Labute approximate surface area is 174 Å². The Kier molecular flexibility index (Phi) is 7.72. The van der Waals surface area contributed by atoms with Gasteiger partial charge in [-0.25, -0.2) is 4.79 Å². The summed E-state index contributed by atoms with van der Waals surface area (Å²) in [7, 11) is 1.46. The fraction of sp³-hybridized carbons (Fsp3) is 0.409. The van der Waals surface area contributed by atoms with E-state index in [1.807, 2.05) is 0 Å². The summed E-state index contributed by atoms with van der Waals surface area (Å²) < 4.78 is 55.0. The quantitative estimate of drug-likeness (QED) is 0.602. The number of amides is 1. The van der Waals surface area contributed by atoms with Crippen LogP contribution in [0.3, 0.4) is 0 Å². The topological polar surface area (TPSA) is 56.8 Å². The van der Waals surface area contributed by atoms with Crippen molar-refractivity contribution >= 4 is 6.09 Å². The van der Waals surface area contributed by atoms with Gasteiger partial charge in [0.15, 0.2) is 6.79 Å². The highest BCUT2D eigenvalue weighted by molar-refractivity contribution is 5.72. The zero-order valence-corrected chi connectivity index (χ0v) is 17.4. The van der Waals surface area contributed by atoms with Crippen molar-refractivity contribution in [2.75, 3.05) is 20.4 Å². The van der Waals surface area contributed by atoms with Gasteiger partial charge < -0.3 is 19.5 Å². The van der Waals surface area contributed by atoms with Crippen LogP contribution in [0.1, 0.15) is 31.9 Å². The number of carbonyl (C=O) groups excluding carboxylic acids is 1. The van der Waals surface area contributed by atoms with Crippen molar-refractivity contribution < 1.29 is 32.2 Å². The molecule has 2 aromatic rings. The molecule has 2 rings (SSSR count). The van der Waals surface area contributed by atoms with Gasteiger partial charge in [-0.3, -0.25) is 0 Å². The highest BCUT2D eigenvalue weighted by Crippen LogP contribution is 2.36. The van der Waals surface area contributed by atoms with Crippen molar-refractivity contribution in [1.29, 1.82) is 0 Å². The summed E-state index contributed by atoms with van der Waals surface area (Å²) in [6.45, 7) is 5.59. The standard InChI is InChI=1S/C22H26F3NO4/c1-21(2,3)30-20(27)26-11-10-15-8-9-19(29-14-28-4)18(12-15)16-6-5-7-17(13-16)22(23,24)25/h5-9,12-13H,10-11,14H2,1-4H3,(H,26,27). The number of alkyl halides is 3. The number of nitrogens with one attached hydrogen (secondary N) is 1. The third kappa shape index (κ3) is 7.26. The van der Waals surface area contributed by atoms with E-state index in [4.69, 9.17) is 14.2 Å². The van der Waals surface area contributed by atoms with Crippen LogP contribution in [0.4, 0.5) is 18.0 Å². The Balaban J connectivity index is 2.22. The number of methoxy groups -OCH3 is 1. The third-order valence-electron chi connectivity index (χ3n) is 3.96. The van der Waals surface area contributed by atoms with Crippen molar-refractivity contribution in [3.63, 3.8) is 0 Å². The molecule has 0 unspecified atom stereocenters. The fourth-order valence-electron chi connectivity index (χ4n) is 2.69. The highest BCUT2D eigenvalue weighted by atomic mass is 19.4. The van der Waals surface area contributed by atoms with Gasteiger partial charge in [0.2, 0.25) is 0 Å². The first-order valence-electron chi connectivity index (χ1n) is 9.39. The molecule has 0 aromatic heterocycles. The van der Waals surface area contributed by atoms with E-state index < -0.39 is 23.4 Å². The molecule has 0 bridgehead atoms. The van der Waals surface area contributed by atoms with Gasteiger partial charge in [-0.2, -0.15) is 13.2 Å². The van der Waals surface area contributed by atoms with E-state index in [-0.39, 0.29) is 6.79 Å². The van der Waals surface area contributed by atoms with E-state index in [0.717, 1.165) is 17.7 Å². The lowest BCUT2D eigenvalue weighted by Gasteiger charge is -2.19. The van der Waals surface area contributed by atoms with E-state index in [9.17, 15) is 18.0 Å². The summed E-state index contributed by atoms with van der Waals surface area (Å²) in [5.41, 5.74) is 0.366. The van der Waals surface area contributed by atoms with Gasteiger partial charge in [0, 0.05) is 19.2 Å². The molecule has 0 fully saturated rings. The number of ether oxygens (including phenoxy) is 3. The summed E-state index contributed by atoms with van der Waals surface area (Å²) in [6.07, 6.45) is -4.51. The Morgan fingerprint density at radius 1 is 1.07 bits per heavy atom. The monoisotopic (exact) mass is 425 g/mol. The van der Waals surface area contributed by atoms with Crippen LogP contribution in [-0.2, 0) is 22.1 Å². The van der Waals surface area contributed by atoms with E-state index >= 15 is 0 Å². The van der Waals surface area contributed by atoms with E-state index in [0.29, 0.717) is 29.8 Å². The van der Waals surface area contributed by atoms with Gasteiger partial charge in [0.1, 0.15) is 11.4 Å². The molecule has 0 aliphatic heterocycles. The third-order valence-corrected chi connectivity index (χ3v) is 3.96. The first-order chi connectivity index (χ1) is 14.0. The number of rotatable bonds is 7. The lowest BCUT2D eigenvalue weighted by molar-refractivity contribution is -0.137. The number of carbonyl (C=O) groups is 1. The molecule has 0 atom stereocenters. The minimum atomic E-state index is -4.45. The Morgan fingerprint density at radius 2 is 1.80 bits per heavy atom. The van der Waals surface area contributed by atoms with E-state index in [2.05, 4.69) is 5.32 Å². The number of halogens is 3. The molecule has 1 N–H and O–H groups in total. The second-order valence-electron chi connectivity index (χ2n) is 7.64.